The molecule has 1 aliphatic rings. The molecule has 3 rings (SSSR count). The Morgan fingerprint density at radius 2 is 1.81 bits per heavy atom. The maximum absolute atomic E-state index is 13.1. The number of hydrogen-bond donors (Lipinski definition) is 1. The zero-order valence-corrected chi connectivity index (χ0v) is 15.7. The summed E-state index contributed by atoms with van der Waals surface area (Å²) in [5.74, 6) is 2.30. The number of nitrogens with two attached hydrogens (primary N) is 1. The molecule has 0 aromatic heterocycles. The number of carbonyl (C=O) groups is 1. The van der Waals surface area contributed by atoms with Gasteiger partial charge < -0.3 is 24.7 Å². The maximum atomic E-state index is 13.1. The third kappa shape index (κ3) is 3.84. The van der Waals surface area contributed by atoms with Gasteiger partial charge in [-0.15, -0.1) is 0 Å². The van der Waals surface area contributed by atoms with E-state index in [1.807, 2.05) is 19.1 Å². The highest BCUT2D eigenvalue weighted by Crippen LogP contribution is 2.39. The molecule has 0 radical (unpaired) electrons. The Balaban J connectivity index is 2.01. The molecule has 6 heteroatoms. The number of ether oxygens (including phenoxy) is 4. The normalized spacial score (nSPS) is 12.8. The van der Waals surface area contributed by atoms with E-state index >= 15 is 0 Å². The number of nitrogen functional groups attached to an aromatic ring is 1. The molecule has 0 aliphatic carbocycles. The Kier molecular flexibility index (Phi) is 5.54. The van der Waals surface area contributed by atoms with Crippen molar-refractivity contribution in [2.75, 3.05) is 26.7 Å². The molecule has 0 bridgehead atoms. The molecule has 2 aromatic carbocycles. The van der Waals surface area contributed by atoms with E-state index in [1.165, 1.54) is 7.11 Å². The van der Waals surface area contributed by atoms with Crippen LogP contribution in [-0.4, -0.2) is 26.8 Å². The first-order valence-electron chi connectivity index (χ1n) is 8.73. The van der Waals surface area contributed by atoms with E-state index in [-0.39, 0.29) is 12.6 Å². The molecule has 1 heterocycles. The first kappa shape index (κ1) is 18.6. The number of carbonyl (C=O) groups excluding carboxylic acids is 1. The van der Waals surface area contributed by atoms with Crippen molar-refractivity contribution < 1.29 is 23.7 Å². The van der Waals surface area contributed by atoms with Gasteiger partial charge in [-0.25, -0.2) is 0 Å². The summed E-state index contributed by atoms with van der Waals surface area (Å²) >= 11 is 0. The van der Waals surface area contributed by atoms with Gasteiger partial charge >= 0.3 is 0 Å². The number of hydrogen-bond acceptors (Lipinski definition) is 6. The smallest absolute Gasteiger partial charge is 0.231 e. The minimum Gasteiger partial charge on any atom is -0.496 e. The third-order valence-electron chi connectivity index (χ3n) is 4.36. The fourth-order valence-corrected chi connectivity index (χ4v) is 2.97. The van der Waals surface area contributed by atoms with Crippen LogP contribution in [0.1, 0.15) is 35.7 Å². The predicted octanol–water partition coefficient (Wildman–Crippen LogP) is 4.08. The van der Waals surface area contributed by atoms with E-state index in [0.29, 0.717) is 46.2 Å². The molecule has 27 heavy (non-hydrogen) atoms. The summed E-state index contributed by atoms with van der Waals surface area (Å²) in [6.45, 7) is 2.21. The number of Topliss-reactive ketones (excluding diaryl/α,β-unsaturated/α-hetero) is 1. The van der Waals surface area contributed by atoms with E-state index in [9.17, 15) is 4.79 Å². The van der Waals surface area contributed by atoms with Crippen molar-refractivity contribution >= 4 is 17.5 Å². The Labute approximate surface area is 158 Å². The van der Waals surface area contributed by atoms with Crippen LogP contribution in [-0.2, 0) is 0 Å². The molecular weight excluding hydrogens is 346 g/mol. The fraction of sp³-hybridized carbons (Fsp3) is 0.286. The van der Waals surface area contributed by atoms with E-state index < -0.39 is 0 Å². The molecule has 2 aromatic rings. The number of methoxy groups -OCH3 is 2. The average molecular weight is 369 g/mol. The van der Waals surface area contributed by atoms with E-state index in [1.54, 1.807) is 31.4 Å². The largest absolute Gasteiger partial charge is 0.496 e. The Hall–Kier alpha value is -3.15. The molecule has 6 nitrogen and oxygen atoms in total. The number of allylic oxidation sites excluding steroid dienone is 1. The molecule has 0 spiro atoms. The standard InChI is InChI=1S/C21H23NO5/c1-4-5-13(21(23)14-6-7-16(22)18(9-14)25-3)8-15-10-19-20(27-12-26-19)11-17(15)24-2/h6-11H,4-5,12,22H2,1-3H3/b13-8+. The molecular formula is C21H23NO5. The monoisotopic (exact) mass is 369 g/mol. The van der Waals surface area contributed by atoms with Gasteiger partial charge in [0.15, 0.2) is 17.3 Å². The second-order valence-electron chi connectivity index (χ2n) is 6.15. The van der Waals surface area contributed by atoms with Crippen LogP contribution in [0, 0.1) is 0 Å². The lowest BCUT2D eigenvalue weighted by Gasteiger charge is -2.11. The van der Waals surface area contributed by atoms with Crippen LogP contribution in [0.2, 0.25) is 0 Å². The molecule has 1 aliphatic heterocycles. The molecule has 2 N–H and O–H groups in total. The lowest BCUT2D eigenvalue weighted by molar-refractivity contribution is 0.103. The molecule has 0 amide bonds. The van der Waals surface area contributed by atoms with Gasteiger partial charge in [0.1, 0.15) is 11.5 Å². The summed E-state index contributed by atoms with van der Waals surface area (Å²) in [6, 6.07) is 8.65. The summed E-state index contributed by atoms with van der Waals surface area (Å²) < 4.78 is 21.5. The molecule has 0 saturated heterocycles. The van der Waals surface area contributed by atoms with E-state index in [0.717, 1.165) is 12.0 Å². The van der Waals surface area contributed by atoms with Crippen LogP contribution in [0.5, 0.6) is 23.0 Å². The second-order valence-corrected chi connectivity index (χ2v) is 6.15. The molecule has 0 fully saturated rings. The number of anilines is 1. The fourth-order valence-electron chi connectivity index (χ4n) is 2.97. The Morgan fingerprint density at radius 1 is 1.11 bits per heavy atom. The molecule has 142 valence electrons. The molecule has 0 saturated carbocycles. The summed E-state index contributed by atoms with van der Waals surface area (Å²) in [5.41, 5.74) is 8.31. The number of rotatable bonds is 7. The second kappa shape index (κ2) is 8.03. The molecule has 0 unspecified atom stereocenters. The lowest BCUT2D eigenvalue weighted by atomic mass is 9.96. The summed E-state index contributed by atoms with van der Waals surface area (Å²) in [5, 5.41) is 0. The van der Waals surface area contributed by atoms with Gasteiger partial charge in [-0.1, -0.05) is 13.3 Å². The van der Waals surface area contributed by atoms with Gasteiger partial charge in [-0.3, -0.25) is 4.79 Å². The van der Waals surface area contributed by atoms with Crippen LogP contribution < -0.4 is 24.7 Å². The highest BCUT2D eigenvalue weighted by molar-refractivity contribution is 6.11. The molecule has 0 atom stereocenters. The van der Waals surface area contributed by atoms with Crippen molar-refractivity contribution in [2.45, 2.75) is 19.8 Å². The summed E-state index contributed by atoms with van der Waals surface area (Å²) in [4.78, 5) is 13.1. The maximum Gasteiger partial charge on any atom is 0.231 e. The number of fused-ring (bicyclic) bond motifs is 1. The first-order chi connectivity index (χ1) is 13.1. The SMILES string of the molecule is CCC/C(=C\c1cc2c(cc1OC)OCO2)C(=O)c1ccc(N)c(OC)c1. The van der Waals surface area contributed by atoms with Gasteiger partial charge in [0.05, 0.1) is 19.9 Å². The van der Waals surface area contributed by atoms with Gasteiger partial charge in [-0.2, -0.15) is 0 Å². The zero-order valence-electron chi connectivity index (χ0n) is 15.7. The van der Waals surface area contributed by atoms with Crippen molar-refractivity contribution in [1.29, 1.82) is 0 Å². The Bertz CT molecular complexity index is 888. The van der Waals surface area contributed by atoms with Crippen LogP contribution in [0.3, 0.4) is 0 Å². The predicted molar refractivity (Wildman–Crippen MR) is 104 cm³/mol. The quantitative estimate of drug-likeness (QED) is 0.450. The number of ketones is 1. The van der Waals surface area contributed by atoms with Crippen LogP contribution >= 0.6 is 0 Å². The van der Waals surface area contributed by atoms with Crippen molar-refractivity contribution in [3.05, 3.63) is 47.0 Å². The van der Waals surface area contributed by atoms with Crippen molar-refractivity contribution in [1.82, 2.24) is 0 Å². The highest BCUT2D eigenvalue weighted by atomic mass is 16.7. The number of benzene rings is 2. The third-order valence-corrected chi connectivity index (χ3v) is 4.36. The topological polar surface area (TPSA) is 80.0 Å². The first-order valence-corrected chi connectivity index (χ1v) is 8.73. The highest BCUT2D eigenvalue weighted by Gasteiger charge is 2.19. The van der Waals surface area contributed by atoms with Crippen molar-refractivity contribution in [2.24, 2.45) is 0 Å². The van der Waals surface area contributed by atoms with Crippen molar-refractivity contribution in [3.63, 3.8) is 0 Å². The van der Waals surface area contributed by atoms with Crippen LogP contribution in [0.25, 0.3) is 6.08 Å². The zero-order chi connectivity index (χ0) is 19.4. The van der Waals surface area contributed by atoms with Crippen molar-refractivity contribution in [3.8, 4) is 23.0 Å². The van der Waals surface area contributed by atoms with Gasteiger partial charge in [0, 0.05) is 22.8 Å². The van der Waals surface area contributed by atoms with Gasteiger partial charge in [0.25, 0.3) is 0 Å². The lowest BCUT2D eigenvalue weighted by Crippen LogP contribution is -2.05. The van der Waals surface area contributed by atoms with E-state index in [2.05, 4.69) is 0 Å². The summed E-state index contributed by atoms with van der Waals surface area (Å²) in [7, 11) is 3.11. The van der Waals surface area contributed by atoms with Gasteiger partial charge in [-0.05, 0) is 36.8 Å². The average Bonchev–Trinajstić information content (AvgIpc) is 3.14. The minimum atomic E-state index is -0.0742. The van der Waals surface area contributed by atoms with Crippen LogP contribution in [0.4, 0.5) is 5.69 Å². The minimum absolute atomic E-state index is 0.0742. The Morgan fingerprint density at radius 3 is 2.48 bits per heavy atom. The van der Waals surface area contributed by atoms with Gasteiger partial charge in [0.2, 0.25) is 6.79 Å². The van der Waals surface area contributed by atoms with Crippen LogP contribution in [0.15, 0.2) is 35.9 Å². The summed E-state index contributed by atoms with van der Waals surface area (Å²) in [6.07, 6.45) is 3.30. The van der Waals surface area contributed by atoms with E-state index in [4.69, 9.17) is 24.7 Å².